The summed E-state index contributed by atoms with van der Waals surface area (Å²) in [6.07, 6.45) is -3.81. The number of hydrogen-bond donors (Lipinski definition) is 2. The van der Waals surface area contributed by atoms with Gasteiger partial charge >= 0.3 is 6.18 Å². The van der Waals surface area contributed by atoms with Crippen molar-refractivity contribution in [2.75, 3.05) is 5.32 Å². The quantitative estimate of drug-likeness (QED) is 0.597. The van der Waals surface area contributed by atoms with Crippen molar-refractivity contribution in [3.63, 3.8) is 0 Å². The van der Waals surface area contributed by atoms with Gasteiger partial charge in [-0.2, -0.15) is 17.6 Å². The van der Waals surface area contributed by atoms with E-state index in [2.05, 4.69) is 15.3 Å². The molecule has 0 radical (unpaired) electrons. The van der Waals surface area contributed by atoms with Gasteiger partial charge in [0.25, 0.3) is 0 Å². The van der Waals surface area contributed by atoms with E-state index < -0.39 is 47.3 Å². The van der Waals surface area contributed by atoms with E-state index in [0.29, 0.717) is 5.56 Å². The highest BCUT2D eigenvalue weighted by Crippen LogP contribution is 2.50. The number of anilines is 1. The molecule has 4 atom stereocenters. The van der Waals surface area contributed by atoms with Crippen LogP contribution in [0.5, 0.6) is 0 Å². The lowest BCUT2D eigenvalue weighted by Gasteiger charge is -2.35. The minimum Gasteiger partial charge on any atom is -0.390 e. The van der Waals surface area contributed by atoms with Gasteiger partial charge in [-0.25, -0.2) is 9.97 Å². The molecule has 154 valence electrons. The summed E-state index contributed by atoms with van der Waals surface area (Å²) in [6.45, 7) is 0. The van der Waals surface area contributed by atoms with Gasteiger partial charge in [0.2, 0.25) is 11.9 Å². The molecule has 2 bridgehead atoms. The van der Waals surface area contributed by atoms with E-state index in [4.69, 9.17) is 4.74 Å². The second kappa shape index (κ2) is 7.03. The summed E-state index contributed by atoms with van der Waals surface area (Å²) in [5, 5.41) is 12.4. The van der Waals surface area contributed by atoms with Crippen molar-refractivity contribution < 1.29 is 32.2 Å². The van der Waals surface area contributed by atoms with Gasteiger partial charge in [-0.1, -0.05) is 0 Å². The number of alkyl halides is 3. The SMILES string of the molecule is O=C(Nc1cc(C(F)(F)F)ccn1)[C@@]1(Cc2ccnc(F)c2)C[C@H]2O[C@@H]1C[C@@H]2O. The molecule has 1 amide bonds. The van der Waals surface area contributed by atoms with Crippen molar-refractivity contribution in [1.82, 2.24) is 9.97 Å². The van der Waals surface area contributed by atoms with E-state index in [1.54, 1.807) is 6.07 Å². The summed E-state index contributed by atoms with van der Waals surface area (Å²) in [6, 6.07) is 4.31. The lowest BCUT2D eigenvalue weighted by Crippen LogP contribution is -2.48. The topological polar surface area (TPSA) is 84.3 Å². The van der Waals surface area contributed by atoms with Crippen molar-refractivity contribution in [3.05, 3.63) is 53.7 Å². The highest BCUT2D eigenvalue weighted by Gasteiger charge is 2.60. The zero-order valence-corrected chi connectivity index (χ0v) is 15.0. The molecule has 2 aromatic heterocycles. The van der Waals surface area contributed by atoms with Gasteiger partial charge in [-0.05, 0) is 42.7 Å². The average Bonchev–Trinajstić information content (AvgIpc) is 3.18. The Balaban J connectivity index is 1.63. The second-order valence-electron chi connectivity index (χ2n) is 7.37. The van der Waals surface area contributed by atoms with E-state index in [9.17, 15) is 27.5 Å². The predicted molar refractivity (Wildman–Crippen MR) is 92.1 cm³/mol. The molecule has 29 heavy (non-hydrogen) atoms. The largest absolute Gasteiger partial charge is 0.416 e. The van der Waals surface area contributed by atoms with Crippen LogP contribution in [0.4, 0.5) is 23.4 Å². The fraction of sp³-hybridized carbons (Fsp3) is 0.421. The van der Waals surface area contributed by atoms with Crippen molar-refractivity contribution in [2.45, 2.75) is 43.8 Å². The van der Waals surface area contributed by atoms with Crippen LogP contribution < -0.4 is 5.32 Å². The Kier molecular flexibility index (Phi) is 4.78. The number of nitrogens with zero attached hydrogens (tertiary/aromatic N) is 2. The maximum Gasteiger partial charge on any atom is 0.416 e. The van der Waals surface area contributed by atoms with Crippen LogP contribution in [-0.4, -0.2) is 39.3 Å². The summed E-state index contributed by atoms with van der Waals surface area (Å²) in [5.41, 5.74) is -1.61. The maximum atomic E-state index is 13.5. The van der Waals surface area contributed by atoms with Gasteiger partial charge in [-0.3, -0.25) is 4.79 Å². The first-order valence-electron chi connectivity index (χ1n) is 8.96. The molecule has 2 fully saturated rings. The van der Waals surface area contributed by atoms with Crippen LogP contribution in [0, 0.1) is 11.4 Å². The molecule has 2 aliphatic heterocycles. The first-order valence-corrected chi connectivity index (χ1v) is 8.96. The van der Waals surface area contributed by atoms with Gasteiger partial charge in [0, 0.05) is 18.8 Å². The molecular weight excluding hydrogens is 394 g/mol. The number of ether oxygens (including phenoxy) is 1. The Morgan fingerprint density at radius 2 is 2.03 bits per heavy atom. The fourth-order valence-corrected chi connectivity index (χ4v) is 4.10. The van der Waals surface area contributed by atoms with E-state index in [1.165, 1.54) is 12.3 Å². The number of carbonyl (C=O) groups excluding carboxylic acids is 1. The summed E-state index contributed by atoms with van der Waals surface area (Å²) in [4.78, 5) is 20.5. The Labute approximate surface area is 162 Å². The van der Waals surface area contributed by atoms with Gasteiger partial charge in [0.15, 0.2) is 0 Å². The molecule has 4 rings (SSSR count). The molecule has 4 heterocycles. The Morgan fingerprint density at radius 3 is 2.66 bits per heavy atom. The fourth-order valence-electron chi connectivity index (χ4n) is 4.10. The molecule has 0 saturated carbocycles. The minimum absolute atomic E-state index is 0.0884. The lowest BCUT2D eigenvalue weighted by molar-refractivity contribution is -0.137. The van der Waals surface area contributed by atoms with E-state index in [-0.39, 0.29) is 25.1 Å². The third kappa shape index (κ3) is 3.69. The number of aromatic nitrogens is 2. The molecule has 0 spiro atoms. The number of amides is 1. The molecule has 2 saturated heterocycles. The summed E-state index contributed by atoms with van der Waals surface area (Å²) < 4.78 is 58.1. The van der Waals surface area contributed by atoms with E-state index in [1.807, 2.05) is 0 Å². The molecule has 2 aliphatic rings. The number of fused-ring (bicyclic) bond motifs is 2. The number of carbonyl (C=O) groups is 1. The van der Waals surface area contributed by atoms with Gasteiger partial charge in [0.05, 0.1) is 29.3 Å². The standard InChI is InChI=1S/C19H17F4N3O3/c20-15-5-10(1-3-24-15)8-18(9-13-12(27)7-14(18)29-13)17(28)26-16-6-11(2-4-25-16)19(21,22)23/h1-6,12-14,27H,7-9H2,(H,25,26,28)/t12-,13+,14+,18-/m0/s1. The van der Waals surface area contributed by atoms with Crippen LogP contribution in [0.15, 0.2) is 36.7 Å². The summed E-state index contributed by atoms with van der Waals surface area (Å²) in [5.74, 6) is -1.53. The number of rotatable bonds is 4. The third-order valence-corrected chi connectivity index (χ3v) is 5.50. The second-order valence-corrected chi connectivity index (χ2v) is 7.37. The highest BCUT2D eigenvalue weighted by molar-refractivity contribution is 5.95. The number of halogens is 4. The normalized spacial score (nSPS) is 28.5. The number of aliphatic hydroxyl groups is 1. The summed E-state index contributed by atoms with van der Waals surface area (Å²) >= 11 is 0. The number of aliphatic hydroxyl groups excluding tert-OH is 1. The average molecular weight is 411 g/mol. The van der Waals surface area contributed by atoms with Crippen LogP contribution in [0.2, 0.25) is 0 Å². The van der Waals surface area contributed by atoms with Crippen LogP contribution >= 0.6 is 0 Å². The molecular formula is C19H17F4N3O3. The van der Waals surface area contributed by atoms with Crippen molar-refractivity contribution in [3.8, 4) is 0 Å². The predicted octanol–water partition coefficient (Wildman–Crippen LogP) is 2.72. The Bertz CT molecular complexity index is 937. The van der Waals surface area contributed by atoms with Crippen LogP contribution in [0.3, 0.4) is 0 Å². The zero-order valence-electron chi connectivity index (χ0n) is 15.0. The molecule has 2 aromatic rings. The maximum absolute atomic E-state index is 13.5. The molecule has 6 nitrogen and oxygen atoms in total. The van der Waals surface area contributed by atoms with Crippen molar-refractivity contribution >= 4 is 11.7 Å². The molecule has 2 N–H and O–H groups in total. The summed E-state index contributed by atoms with van der Waals surface area (Å²) in [7, 11) is 0. The minimum atomic E-state index is -4.58. The van der Waals surface area contributed by atoms with E-state index in [0.717, 1.165) is 18.3 Å². The van der Waals surface area contributed by atoms with Crippen LogP contribution in [0.1, 0.15) is 24.0 Å². The van der Waals surface area contributed by atoms with E-state index >= 15 is 0 Å². The van der Waals surface area contributed by atoms with Gasteiger partial charge in [0.1, 0.15) is 5.82 Å². The third-order valence-electron chi connectivity index (χ3n) is 5.50. The van der Waals surface area contributed by atoms with Gasteiger partial charge in [-0.15, -0.1) is 0 Å². The molecule has 0 aromatic carbocycles. The molecule has 10 heteroatoms. The highest BCUT2D eigenvalue weighted by atomic mass is 19.4. The van der Waals surface area contributed by atoms with Crippen molar-refractivity contribution in [2.24, 2.45) is 5.41 Å². The number of hydrogen-bond acceptors (Lipinski definition) is 5. The first kappa shape index (κ1) is 19.7. The van der Waals surface area contributed by atoms with Crippen LogP contribution in [0.25, 0.3) is 0 Å². The number of nitrogens with one attached hydrogen (secondary N) is 1. The zero-order chi connectivity index (χ0) is 20.8. The monoisotopic (exact) mass is 411 g/mol. The Morgan fingerprint density at radius 1 is 1.28 bits per heavy atom. The van der Waals surface area contributed by atoms with Gasteiger partial charge < -0.3 is 15.2 Å². The first-order chi connectivity index (χ1) is 13.7. The van der Waals surface area contributed by atoms with Crippen LogP contribution in [-0.2, 0) is 22.1 Å². The lowest BCUT2D eigenvalue weighted by atomic mass is 9.68. The van der Waals surface area contributed by atoms with Crippen molar-refractivity contribution in [1.29, 1.82) is 0 Å². The number of pyridine rings is 2. The molecule has 0 aliphatic carbocycles. The molecule has 0 unspecified atom stereocenters. The Hall–Kier alpha value is -2.59. The smallest absolute Gasteiger partial charge is 0.390 e.